The van der Waals surface area contributed by atoms with Crippen LogP contribution in [0, 0.1) is 0 Å². The lowest BCUT2D eigenvalue weighted by atomic mass is 10.1. The van der Waals surface area contributed by atoms with Crippen LogP contribution in [-0.2, 0) is 6.42 Å². The first-order chi connectivity index (χ1) is 8.24. The Kier molecular flexibility index (Phi) is 4.02. The van der Waals surface area contributed by atoms with Crippen molar-refractivity contribution in [3.63, 3.8) is 0 Å². The van der Waals surface area contributed by atoms with Crippen molar-refractivity contribution >= 4 is 32.4 Å². The summed E-state index contributed by atoms with van der Waals surface area (Å²) in [6.45, 7) is 0. The summed E-state index contributed by atoms with van der Waals surface area (Å²) in [5.74, 6) is 0.901. The highest BCUT2D eigenvalue weighted by Crippen LogP contribution is 2.31. The van der Waals surface area contributed by atoms with Crippen LogP contribution in [0.5, 0.6) is 5.75 Å². The fourth-order valence-electron chi connectivity index (χ4n) is 1.58. The van der Waals surface area contributed by atoms with Gasteiger partial charge in [0.25, 0.3) is 0 Å². The monoisotopic (exact) mass is 312 g/mol. The number of aromatic nitrogens is 1. The van der Waals surface area contributed by atoms with Gasteiger partial charge in [-0.3, -0.25) is 0 Å². The van der Waals surface area contributed by atoms with E-state index in [-0.39, 0.29) is 0 Å². The third-order valence-electron chi connectivity index (χ3n) is 2.41. The molecule has 0 spiro atoms. The van der Waals surface area contributed by atoms with Crippen LogP contribution in [0.4, 0.5) is 5.13 Å². The number of anilines is 1. The Bertz CT molecular complexity index is 513. The summed E-state index contributed by atoms with van der Waals surface area (Å²) in [5, 5.41) is 3.97. The minimum atomic E-state index is 0.767. The van der Waals surface area contributed by atoms with E-state index in [1.807, 2.05) is 25.2 Å². The van der Waals surface area contributed by atoms with Gasteiger partial charge in [-0.05, 0) is 22.0 Å². The van der Waals surface area contributed by atoms with Gasteiger partial charge in [0.1, 0.15) is 5.75 Å². The average molecular weight is 313 g/mol. The van der Waals surface area contributed by atoms with Crippen molar-refractivity contribution in [1.29, 1.82) is 0 Å². The molecule has 0 saturated carbocycles. The maximum absolute atomic E-state index is 5.34. The molecule has 2 aromatic rings. The zero-order chi connectivity index (χ0) is 12.3. The van der Waals surface area contributed by atoms with Gasteiger partial charge in [-0.1, -0.05) is 29.5 Å². The number of rotatable bonds is 4. The van der Waals surface area contributed by atoms with Crippen molar-refractivity contribution in [2.45, 2.75) is 6.42 Å². The summed E-state index contributed by atoms with van der Waals surface area (Å²) in [6, 6.07) is 8.01. The molecule has 1 aromatic heterocycles. The fraction of sp³-hybridized carbons (Fsp3) is 0.250. The normalized spacial score (nSPS) is 10.3. The number of hydrogen-bond donors (Lipinski definition) is 1. The standard InChI is InChI=1S/C12H13BrN2OS/c1-14-12-15-9(11(13)17-12)7-8-5-3-4-6-10(8)16-2/h3-6H,7H2,1-2H3,(H,14,15). The van der Waals surface area contributed by atoms with Crippen molar-refractivity contribution in [3.8, 4) is 5.75 Å². The molecule has 0 amide bonds. The first kappa shape index (κ1) is 12.4. The molecule has 0 aliphatic rings. The van der Waals surface area contributed by atoms with Crippen LogP contribution in [-0.4, -0.2) is 19.1 Å². The van der Waals surface area contributed by atoms with Crippen molar-refractivity contribution in [2.24, 2.45) is 0 Å². The average Bonchev–Trinajstić information content (AvgIpc) is 2.71. The molecule has 0 fully saturated rings. The highest BCUT2D eigenvalue weighted by Gasteiger charge is 2.11. The first-order valence-corrected chi connectivity index (χ1v) is 6.80. The molecule has 3 nitrogen and oxygen atoms in total. The Labute approximate surface area is 113 Å². The van der Waals surface area contributed by atoms with Gasteiger partial charge in [-0.15, -0.1) is 0 Å². The van der Waals surface area contributed by atoms with Crippen LogP contribution in [0.2, 0.25) is 0 Å². The SMILES string of the molecule is CNc1nc(Cc2ccccc2OC)c(Br)s1. The number of hydrogen-bond acceptors (Lipinski definition) is 4. The van der Waals surface area contributed by atoms with Crippen molar-refractivity contribution in [2.75, 3.05) is 19.5 Å². The van der Waals surface area contributed by atoms with Gasteiger partial charge in [-0.2, -0.15) is 0 Å². The van der Waals surface area contributed by atoms with Crippen LogP contribution in [0.15, 0.2) is 28.1 Å². The van der Waals surface area contributed by atoms with E-state index in [0.717, 1.165) is 32.3 Å². The molecular formula is C12H13BrN2OS. The lowest BCUT2D eigenvalue weighted by Crippen LogP contribution is -1.95. The first-order valence-electron chi connectivity index (χ1n) is 5.19. The Morgan fingerprint density at radius 2 is 2.18 bits per heavy atom. The summed E-state index contributed by atoms with van der Waals surface area (Å²) in [6.07, 6.45) is 0.767. The lowest BCUT2D eigenvalue weighted by molar-refractivity contribution is 0.410. The van der Waals surface area contributed by atoms with Crippen LogP contribution in [0.3, 0.4) is 0 Å². The van der Waals surface area contributed by atoms with Crippen molar-refractivity contribution in [3.05, 3.63) is 39.3 Å². The molecule has 0 unspecified atom stereocenters. The van der Waals surface area contributed by atoms with Crippen LogP contribution >= 0.6 is 27.3 Å². The van der Waals surface area contributed by atoms with Gasteiger partial charge >= 0.3 is 0 Å². The number of nitrogens with one attached hydrogen (secondary N) is 1. The predicted octanol–water partition coefficient (Wildman–Crippen LogP) is 3.55. The Morgan fingerprint density at radius 1 is 1.41 bits per heavy atom. The minimum absolute atomic E-state index is 0.767. The predicted molar refractivity (Wildman–Crippen MR) is 75.2 cm³/mol. The molecule has 5 heteroatoms. The minimum Gasteiger partial charge on any atom is -0.496 e. The number of para-hydroxylation sites is 1. The molecule has 0 aliphatic heterocycles. The molecule has 17 heavy (non-hydrogen) atoms. The molecular weight excluding hydrogens is 300 g/mol. The van der Waals surface area contributed by atoms with Crippen LogP contribution < -0.4 is 10.1 Å². The van der Waals surface area contributed by atoms with E-state index in [9.17, 15) is 0 Å². The van der Waals surface area contributed by atoms with Gasteiger partial charge in [0.15, 0.2) is 5.13 Å². The quantitative estimate of drug-likeness (QED) is 0.937. The van der Waals surface area contributed by atoms with Gasteiger partial charge in [0.05, 0.1) is 16.6 Å². The van der Waals surface area contributed by atoms with Gasteiger partial charge in [0.2, 0.25) is 0 Å². The highest BCUT2D eigenvalue weighted by atomic mass is 79.9. The number of ether oxygens (including phenoxy) is 1. The second kappa shape index (κ2) is 5.51. The molecule has 0 saturated heterocycles. The number of methoxy groups -OCH3 is 1. The van der Waals surface area contributed by atoms with E-state index < -0.39 is 0 Å². The summed E-state index contributed by atoms with van der Waals surface area (Å²) in [5.41, 5.74) is 2.17. The summed E-state index contributed by atoms with van der Waals surface area (Å²) in [7, 11) is 3.56. The van der Waals surface area contributed by atoms with E-state index in [1.54, 1.807) is 18.4 Å². The number of benzene rings is 1. The largest absolute Gasteiger partial charge is 0.496 e. The molecule has 0 atom stereocenters. The van der Waals surface area contributed by atoms with E-state index in [4.69, 9.17) is 4.74 Å². The number of thiazole rings is 1. The second-order valence-corrected chi connectivity index (χ2v) is 5.80. The lowest BCUT2D eigenvalue weighted by Gasteiger charge is -2.06. The van der Waals surface area contributed by atoms with Crippen molar-refractivity contribution < 1.29 is 4.74 Å². The van der Waals surface area contributed by atoms with Crippen LogP contribution in [0.25, 0.3) is 0 Å². The topological polar surface area (TPSA) is 34.2 Å². The van der Waals surface area contributed by atoms with E-state index in [2.05, 4.69) is 32.3 Å². The van der Waals surface area contributed by atoms with Gasteiger partial charge < -0.3 is 10.1 Å². The Hall–Kier alpha value is -1.07. The smallest absolute Gasteiger partial charge is 0.183 e. The molecule has 0 bridgehead atoms. The third-order valence-corrected chi connectivity index (χ3v) is 4.26. The molecule has 0 radical (unpaired) electrons. The maximum atomic E-state index is 5.34. The molecule has 90 valence electrons. The summed E-state index contributed by atoms with van der Waals surface area (Å²) < 4.78 is 6.40. The zero-order valence-electron chi connectivity index (χ0n) is 9.66. The molecule has 1 N–H and O–H groups in total. The molecule has 2 rings (SSSR count). The van der Waals surface area contributed by atoms with Gasteiger partial charge in [-0.25, -0.2) is 4.98 Å². The fourth-order valence-corrected chi connectivity index (χ4v) is 2.93. The highest BCUT2D eigenvalue weighted by molar-refractivity contribution is 9.11. The molecule has 1 heterocycles. The zero-order valence-corrected chi connectivity index (χ0v) is 12.1. The van der Waals surface area contributed by atoms with E-state index >= 15 is 0 Å². The number of nitrogens with zero attached hydrogens (tertiary/aromatic N) is 1. The molecule has 0 aliphatic carbocycles. The van der Waals surface area contributed by atoms with E-state index in [1.165, 1.54) is 0 Å². The van der Waals surface area contributed by atoms with Gasteiger partial charge in [0, 0.05) is 19.0 Å². The third kappa shape index (κ3) is 2.79. The Morgan fingerprint density at radius 3 is 2.82 bits per heavy atom. The number of halogens is 1. The molecule has 1 aromatic carbocycles. The Balaban J connectivity index is 2.27. The second-order valence-electron chi connectivity index (χ2n) is 3.48. The maximum Gasteiger partial charge on any atom is 0.183 e. The van der Waals surface area contributed by atoms with E-state index in [0.29, 0.717) is 0 Å². The summed E-state index contributed by atoms with van der Waals surface area (Å²) in [4.78, 5) is 4.50. The van der Waals surface area contributed by atoms with Crippen LogP contribution in [0.1, 0.15) is 11.3 Å². The summed E-state index contributed by atoms with van der Waals surface area (Å²) >= 11 is 5.14. The van der Waals surface area contributed by atoms with Crippen molar-refractivity contribution in [1.82, 2.24) is 4.98 Å².